The van der Waals surface area contributed by atoms with Crippen molar-refractivity contribution in [3.63, 3.8) is 0 Å². The number of benzene rings is 1. The fourth-order valence-corrected chi connectivity index (χ4v) is 4.46. The molecule has 1 aromatic carbocycles. The van der Waals surface area contributed by atoms with E-state index < -0.39 is 17.3 Å². The van der Waals surface area contributed by atoms with E-state index in [-0.39, 0.29) is 6.54 Å². The highest BCUT2D eigenvalue weighted by atomic mass is 35.5. The van der Waals surface area contributed by atoms with Gasteiger partial charge in [-0.2, -0.15) is 0 Å². The summed E-state index contributed by atoms with van der Waals surface area (Å²) in [5.74, 6) is 0.532. The standard InChI is InChI=1S/C23H22ClN7O2/c1-29-19-21(28-20(29)17(25)10-13-6-8-26-9-7-13)30(2)23(33)31(22(19)32)12-14-11-15-16(24)4-3-5-18(15)27-14/h3-9,11,17,27H,10,12,25H2,1-2H3/t17-/m1/s1. The molecule has 3 N–H and O–H groups in total. The van der Waals surface area contributed by atoms with E-state index in [0.29, 0.717) is 34.1 Å². The van der Waals surface area contributed by atoms with Gasteiger partial charge in [0, 0.05) is 48.1 Å². The fraction of sp³-hybridized carbons (Fsp3) is 0.217. The number of aromatic amines is 1. The number of aromatic nitrogens is 6. The lowest BCUT2D eigenvalue weighted by Gasteiger charge is -2.11. The van der Waals surface area contributed by atoms with E-state index in [2.05, 4.69) is 15.0 Å². The Kier molecular flexibility index (Phi) is 5.15. The molecular weight excluding hydrogens is 442 g/mol. The van der Waals surface area contributed by atoms with E-state index in [9.17, 15) is 9.59 Å². The molecule has 4 heterocycles. The normalized spacial score (nSPS) is 12.6. The van der Waals surface area contributed by atoms with Gasteiger partial charge in [-0.25, -0.2) is 9.78 Å². The maximum absolute atomic E-state index is 13.4. The largest absolute Gasteiger partial charge is 0.357 e. The van der Waals surface area contributed by atoms with E-state index in [0.717, 1.165) is 16.5 Å². The van der Waals surface area contributed by atoms with Crippen molar-refractivity contribution in [2.75, 3.05) is 0 Å². The number of imidazole rings is 1. The van der Waals surface area contributed by atoms with Crippen LogP contribution in [-0.2, 0) is 27.1 Å². The topological polar surface area (TPSA) is 117 Å². The summed E-state index contributed by atoms with van der Waals surface area (Å²) in [7, 11) is 3.35. The summed E-state index contributed by atoms with van der Waals surface area (Å²) in [6.45, 7) is 0.0794. The SMILES string of the molecule is Cn1c([C@H](N)Cc2ccncc2)nc2c1c(=O)n(Cc1cc3c(Cl)cccc3[nH]1)c(=O)n2C. The number of aryl methyl sites for hydroxylation is 2. The zero-order chi connectivity index (χ0) is 23.3. The molecule has 9 nitrogen and oxygen atoms in total. The molecule has 0 aliphatic rings. The van der Waals surface area contributed by atoms with Gasteiger partial charge in [-0.15, -0.1) is 0 Å². The highest BCUT2D eigenvalue weighted by Crippen LogP contribution is 2.24. The first-order chi connectivity index (χ1) is 15.8. The van der Waals surface area contributed by atoms with Gasteiger partial charge in [0.15, 0.2) is 11.2 Å². The second-order valence-corrected chi connectivity index (χ2v) is 8.50. The minimum Gasteiger partial charge on any atom is -0.357 e. The maximum atomic E-state index is 13.4. The van der Waals surface area contributed by atoms with Crippen molar-refractivity contribution in [3.8, 4) is 0 Å². The summed E-state index contributed by atoms with van der Waals surface area (Å²) >= 11 is 6.27. The molecule has 0 bridgehead atoms. The van der Waals surface area contributed by atoms with Crippen LogP contribution in [0.5, 0.6) is 0 Å². The quantitative estimate of drug-likeness (QED) is 0.414. The van der Waals surface area contributed by atoms with Crippen LogP contribution in [0.25, 0.3) is 22.1 Å². The van der Waals surface area contributed by atoms with Gasteiger partial charge in [-0.05, 0) is 42.3 Å². The van der Waals surface area contributed by atoms with Gasteiger partial charge in [0.2, 0.25) is 0 Å². The van der Waals surface area contributed by atoms with Gasteiger partial charge in [0.25, 0.3) is 5.56 Å². The minimum atomic E-state index is -0.455. The molecule has 33 heavy (non-hydrogen) atoms. The first kappa shape index (κ1) is 21.2. The highest BCUT2D eigenvalue weighted by molar-refractivity contribution is 6.35. The number of fused-ring (bicyclic) bond motifs is 2. The summed E-state index contributed by atoms with van der Waals surface area (Å²) in [4.78, 5) is 38.3. The van der Waals surface area contributed by atoms with Crippen molar-refractivity contribution >= 4 is 33.7 Å². The Morgan fingerprint density at radius 2 is 1.88 bits per heavy atom. The van der Waals surface area contributed by atoms with Crippen LogP contribution in [0.15, 0.2) is 58.4 Å². The Hall–Kier alpha value is -3.69. The van der Waals surface area contributed by atoms with Crippen molar-refractivity contribution < 1.29 is 0 Å². The van der Waals surface area contributed by atoms with Gasteiger partial charge >= 0.3 is 5.69 Å². The lowest BCUT2D eigenvalue weighted by Crippen LogP contribution is -2.39. The first-order valence-electron chi connectivity index (χ1n) is 10.4. The van der Waals surface area contributed by atoms with E-state index in [4.69, 9.17) is 17.3 Å². The molecular formula is C23H22ClN7O2. The zero-order valence-corrected chi connectivity index (χ0v) is 18.9. The van der Waals surface area contributed by atoms with Crippen LogP contribution in [-0.4, -0.2) is 28.7 Å². The Labute approximate surface area is 193 Å². The first-order valence-corrected chi connectivity index (χ1v) is 10.8. The molecule has 10 heteroatoms. The van der Waals surface area contributed by atoms with Crippen molar-refractivity contribution in [3.05, 3.63) is 91.7 Å². The molecule has 0 spiro atoms. The number of halogens is 1. The number of rotatable bonds is 5. The molecule has 0 fully saturated rings. The number of hydrogen-bond donors (Lipinski definition) is 2. The van der Waals surface area contributed by atoms with Gasteiger partial charge < -0.3 is 15.3 Å². The molecule has 168 valence electrons. The molecule has 0 aliphatic heterocycles. The third kappa shape index (κ3) is 3.55. The van der Waals surface area contributed by atoms with Crippen molar-refractivity contribution in [1.29, 1.82) is 0 Å². The van der Waals surface area contributed by atoms with Crippen LogP contribution in [0, 0.1) is 0 Å². The van der Waals surface area contributed by atoms with Gasteiger partial charge in [0.05, 0.1) is 12.6 Å². The smallest absolute Gasteiger partial charge is 0.332 e. The fourth-order valence-electron chi connectivity index (χ4n) is 4.23. The summed E-state index contributed by atoms with van der Waals surface area (Å²) in [6, 6.07) is 10.7. The van der Waals surface area contributed by atoms with Crippen molar-refractivity contribution in [1.82, 2.24) is 28.7 Å². The summed E-state index contributed by atoms with van der Waals surface area (Å²) in [6.07, 6.45) is 3.94. The Morgan fingerprint density at radius 1 is 1.12 bits per heavy atom. The van der Waals surface area contributed by atoms with Crippen LogP contribution in [0.3, 0.4) is 0 Å². The number of H-pyrrole nitrogens is 1. The summed E-state index contributed by atoms with van der Waals surface area (Å²) < 4.78 is 4.26. The third-order valence-electron chi connectivity index (χ3n) is 5.93. The van der Waals surface area contributed by atoms with E-state index >= 15 is 0 Å². The number of nitrogens with zero attached hydrogens (tertiary/aromatic N) is 5. The van der Waals surface area contributed by atoms with Gasteiger partial charge in [0.1, 0.15) is 5.82 Å². The molecule has 0 aliphatic carbocycles. The van der Waals surface area contributed by atoms with Crippen LogP contribution in [0.2, 0.25) is 5.02 Å². The van der Waals surface area contributed by atoms with Crippen LogP contribution in [0.4, 0.5) is 0 Å². The monoisotopic (exact) mass is 463 g/mol. The Bertz CT molecular complexity index is 1610. The molecule has 0 unspecified atom stereocenters. The summed E-state index contributed by atoms with van der Waals surface area (Å²) in [5.41, 5.74) is 8.74. The number of nitrogens with two attached hydrogens (primary N) is 1. The molecule has 0 saturated heterocycles. The van der Waals surface area contributed by atoms with Gasteiger partial charge in [-0.3, -0.25) is 18.9 Å². The molecule has 4 aromatic heterocycles. The van der Waals surface area contributed by atoms with Crippen LogP contribution in [0.1, 0.15) is 23.1 Å². The maximum Gasteiger partial charge on any atom is 0.332 e. The minimum absolute atomic E-state index is 0.0794. The highest BCUT2D eigenvalue weighted by Gasteiger charge is 2.22. The predicted octanol–water partition coefficient (Wildman–Crippen LogP) is 2.25. The molecule has 1 atom stereocenters. The van der Waals surface area contributed by atoms with Crippen LogP contribution >= 0.6 is 11.6 Å². The zero-order valence-electron chi connectivity index (χ0n) is 18.1. The average molecular weight is 464 g/mol. The lowest BCUT2D eigenvalue weighted by atomic mass is 10.1. The molecule has 5 rings (SSSR count). The molecule has 0 radical (unpaired) electrons. The molecule has 0 saturated carbocycles. The average Bonchev–Trinajstić information content (AvgIpc) is 3.38. The van der Waals surface area contributed by atoms with Crippen LogP contribution < -0.4 is 17.0 Å². The number of pyridine rings is 1. The predicted molar refractivity (Wildman–Crippen MR) is 127 cm³/mol. The number of nitrogens with one attached hydrogen (secondary N) is 1. The van der Waals surface area contributed by atoms with Crippen molar-refractivity contribution in [2.45, 2.75) is 19.0 Å². The summed E-state index contributed by atoms with van der Waals surface area (Å²) in [5, 5.41) is 1.44. The Balaban J connectivity index is 1.59. The second kappa shape index (κ2) is 8.02. The Morgan fingerprint density at radius 3 is 2.61 bits per heavy atom. The van der Waals surface area contributed by atoms with Crippen molar-refractivity contribution in [2.24, 2.45) is 19.8 Å². The number of hydrogen-bond acceptors (Lipinski definition) is 5. The third-order valence-corrected chi connectivity index (χ3v) is 6.26. The lowest BCUT2D eigenvalue weighted by molar-refractivity contribution is 0.635. The van der Waals surface area contributed by atoms with E-state index in [1.165, 1.54) is 9.13 Å². The second-order valence-electron chi connectivity index (χ2n) is 8.10. The van der Waals surface area contributed by atoms with Gasteiger partial charge in [-0.1, -0.05) is 17.7 Å². The van der Waals surface area contributed by atoms with E-state index in [1.54, 1.807) is 37.1 Å². The van der Waals surface area contributed by atoms with E-state index in [1.807, 2.05) is 30.3 Å². The molecule has 0 amide bonds. The molecule has 5 aromatic rings.